The molecule has 4 aliphatic rings. The predicted molar refractivity (Wildman–Crippen MR) is 119 cm³/mol. The summed E-state index contributed by atoms with van der Waals surface area (Å²) in [4.78, 5) is 37.5. The van der Waals surface area contributed by atoms with Gasteiger partial charge in [0.25, 0.3) is 0 Å². The minimum atomic E-state index is -0.647. The Labute approximate surface area is 183 Å². The van der Waals surface area contributed by atoms with Gasteiger partial charge in [0.2, 0.25) is 11.8 Å². The SMILES string of the molecule is CC(C)(C)OC(=O)NCC(=O)Nc1ccccc1NC(=O)C12CC3CC(CC(C3)C1)C2. The lowest BCUT2D eigenvalue weighted by atomic mass is 9.49. The topological polar surface area (TPSA) is 96.5 Å². The summed E-state index contributed by atoms with van der Waals surface area (Å²) in [5.41, 5.74) is 0.226. The summed E-state index contributed by atoms with van der Waals surface area (Å²) in [6, 6.07) is 7.19. The molecule has 0 atom stereocenters. The van der Waals surface area contributed by atoms with Crippen molar-refractivity contribution in [3.63, 3.8) is 0 Å². The van der Waals surface area contributed by atoms with Gasteiger partial charge in [-0.25, -0.2) is 4.79 Å². The second kappa shape index (κ2) is 8.17. The van der Waals surface area contributed by atoms with Crippen LogP contribution in [0.1, 0.15) is 59.3 Å². The molecule has 5 rings (SSSR count). The Morgan fingerprint density at radius 1 is 0.935 bits per heavy atom. The number of nitrogens with one attached hydrogen (secondary N) is 3. The van der Waals surface area contributed by atoms with E-state index < -0.39 is 11.7 Å². The summed E-state index contributed by atoms with van der Waals surface area (Å²) < 4.78 is 5.14. The third kappa shape index (κ3) is 5.02. The van der Waals surface area contributed by atoms with Gasteiger partial charge in [-0.05, 0) is 89.2 Å². The van der Waals surface area contributed by atoms with E-state index in [0.29, 0.717) is 29.1 Å². The highest BCUT2D eigenvalue weighted by Gasteiger charge is 2.54. The smallest absolute Gasteiger partial charge is 0.408 e. The average molecular weight is 428 g/mol. The van der Waals surface area contributed by atoms with Crippen molar-refractivity contribution in [3.05, 3.63) is 24.3 Å². The molecule has 4 saturated carbocycles. The Morgan fingerprint density at radius 2 is 1.45 bits per heavy atom. The highest BCUT2D eigenvalue weighted by Crippen LogP contribution is 2.60. The summed E-state index contributed by atoms with van der Waals surface area (Å²) in [6.45, 7) is 5.06. The molecule has 7 heteroatoms. The van der Waals surface area contributed by atoms with Gasteiger partial charge in [-0.3, -0.25) is 9.59 Å². The molecule has 0 saturated heterocycles. The number of amides is 3. The molecule has 1 aromatic carbocycles. The van der Waals surface area contributed by atoms with Gasteiger partial charge >= 0.3 is 6.09 Å². The average Bonchev–Trinajstić information content (AvgIpc) is 2.65. The summed E-state index contributed by atoms with van der Waals surface area (Å²) in [5.74, 6) is 1.75. The van der Waals surface area contributed by atoms with Crippen LogP contribution in [0.15, 0.2) is 24.3 Å². The van der Waals surface area contributed by atoms with Crippen LogP contribution in [0.5, 0.6) is 0 Å². The number of alkyl carbamates (subject to hydrolysis) is 1. The van der Waals surface area contributed by atoms with Gasteiger partial charge < -0.3 is 20.7 Å². The number of hydrogen-bond acceptors (Lipinski definition) is 4. The maximum atomic E-state index is 13.4. The molecule has 3 amide bonds. The number of carbonyl (C=O) groups is 3. The Balaban J connectivity index is 1.37. The van der Waals surface area contributed by atoms with Gasteiger partial charge in [-0.15, -0.1) is 0 Å². The molecule has 0 heterocycles. The number of carbonyl (C=O) groups excluding carboxylic acids is 3. The van der Waals surface area contributed by atoms with Gasteiger partial charge in [-0.2, -0.15) is 0 Å². The van der Waals surface area contributed by atoms with Crippen molar-refractivity contribution in [2.24, 2.45) is 23.2 Å². The van der Waals surface area contributed by atoms with Crippen LogP contribution in [-0.4, -0.2) is 30.1 Å². The predicted octanol–water partition coefficient (Wildman–Crippen LogP) is 4.30. The van der Waals surface area contributed by atoms with E-state index in [9.17, 15) is 14.4 Å². The van der Waals surface area contributed by atoms with Crippen LogP contribution >= 0.6 is 0 Å². The quantitative estimate of drug-likeness (QED) is 0.652. The lowest BCUT2D eigenvalue weighted by Gasteiger charge is -2.55. The Kier molecular flexibility index (Phi) is 5.71. The minimum absolute atomic E-state index is 0.0835. The molecule has 4 bridgehead atoms. The lowest BCUT2D eigenvalue weighted by Crippen LogP contribution is -2.51. The van der Waals surface area contributed by atoms with Crippen LogP contribution in [0, 0.1) is 23.2 Å². The first-order valence-electron chi connectivity index (χ1n) is 11.3. The third-order valence-corrected chi connectivity index (χ3v) is 6.76. The zero-order valence-corrected chi connectivity index (χ0v) is 18.6. The van der Waals surface area contributed by atoms with E-state index in [4.69, 9.17) is 4.74 Å². The maximum absolute atomic E-state index is 13.4. The highest BCUT2D eigenvalue weighted by molar-refractivity contribution is 6.02. The molecular formula is C24H33N3O4. The number of benzene rings is 1. The van der Waals surface area contributed by atoms with Crippen LogP contribution < -0.4 is 16.0 Å². The van der Waals surface area contributed by atoms with Gasteiger partial charge in [0.1, 0.15) is 12.1 Å². The van der Waals surface area contributed by atoms with Crippen molar-refractivity contribution in [1.82, 2.24) is 5.32 Å². The number of ether oxygens (including phenoxy) is 1. The molecule has 4 fully saturated rings. The van der Waals surface area contributed by atoms with Crippen molar-refractivity contribution in [2.45, 2.75) is 64.9 Å². The first-order chi connectivity index (χ1) is 14.6. The molecule has 4 aliphatic carbocycles. The molecule has 0 unspecified atom stereocenters. The van der Waals surface area contributed by atoms with E-state index in [1.807, 2.05) is 6.07 Å². The number of rotatable bonds is 5. The molecule has 0 aliphatic heterocycles. The van der Waals surface area contributed by atoms with Crippen molar-refractivity contribution in [3.8, 4) is 0 Å². The van der Waals surface area contributed by atoms with E-state index in [1.165, 1.54) is 19.3 Å². The van der Waals surface area contributed by atoms with E-state index in [1.54, 1.807) is 39.0 Å². The van der Waals surface area contributed by atoms with Crippen molar-refractivity contribution in [2.75, 3.05) is 17.2 Å². The molecule has 7 nitrogen and oxygen atoms in total. The lowest BCUT2D eigenvalue weighted by molar-refractivity contribution is -0.140. The summed E-state index contributed by atoms with van der Waals surface area (Å²) in [7, 11) is 0. The van der Waals surface area contributed by atoms with Crippen molar-refractivity contribution in [1.29, 1.82) is 0 Å². The van der Waals surface area contributed by atoms with Gasteiger partial charge in [0.05, 0.1) is 16.8 Å². The monoisotopic (exact) mass is 427 g/mol. The molecule has 31 heavy (non-hydrogen) atoms. The van der Waals surface area contributed by atoms with Crippen LogP contribution in [0.4, 0.5) is 16.2 Å². The molecule has 0 spiro atoms. The summed E-state index contributed by atoms with van der Waals surface area (Å²) in [6.07, 6.45) is 6.15. The number of anilines is 2. The minimum Gasteiger partial charge on any atom is -0.444 e. The molecular weight excluding hydrogens is 394 g/mol. The second-order valence-corrected chi connectivity index (χ2v) is 10.6. The number of hydrogen-bond donors (Lipinski definition) is 3. The molecule has 1 aromatic rings. The van der Waals surface area contributed by atoms with E-state index >= 15 is 0 Å². The van der Waals surface area contributed by atoms with Gasteiger partial charge in [0.15, 0.2) is 0 Å². The summed E-state index contributed by atoms with van der Waals surface area (Å²) >= 11 is 0. The fraction of sp³-hybridized carbons (Fsp3) is 0.625. The first kappa shape index (κ1) is 21.7. The molecule has 168 valence electrons. The second-order valence-electron chi connectivity index (χ2n) is 10.6. The van der Waals surface area contributed by atoms with E-state index in [-0.39, 0.29) is 23.8 Å². The fourth-order valence-corrected chi connectivity index (χ4v) is 6.01. The number of para-hydroxylation sites is 2. The van der Waals surface area contributed by atoms with Crippen LogP contribution in [-0.2, 0) is 14.3 Å². The molecule has 0 aromatic heterocycles. The molecule has 0 radical (unpaired) electrons. The molecule has 3 N–H and O–H groups in total. The van der Waals surface area contributed by atoms with E-state index in [2.05, 4.69) is 16.0 Å². The maximum Gasteiger partial charge on any atom is 0.408 e. The largest absolute Gasteiger partial charge is 0.444 e. The van der Waals surface area contributed by atoms with Crippen LogP contribution in [0.3, 0.4) is 0 Å². The zero-order chi connectivity index (χ0) is 22.2. The Morgan fingerprint density at radius 3 is 1.97 bits per heavy atom. The van der Waals surface area contributed by atoms with Gasteiger partial charge in [-0.1, -0.05) is 12.1 Å². The summed E-state index contributed by atoms with van der Waals surface area (Å²) in [5, 5.41) is 8.34. The van der Waals surface area contributed by atoms with Crippen LogP contribution in [0.25, 0.3) is 0 Å². The van der Waals surface area contributed by atoms with Crippen LogP contribution in [0.2, 0.25) is 0 Å². The Bertz CT molecular complexity index is 839. The standard InChI is InChI=1S/C24H33N3O4/c1-23(2,3)31-22(30)25-14-20(28)26-18-6-4-5-7-19(18)27-21(29)24-11-15-8-16(12-24)10-17(9-15)13-24/h4-7,15-17H,8-14H2,1-3H3,(H,25,30)(H,26,28)(H,27,29). The Hall–Kier alpha value is -2.57. The van der Waals surface area contributed by atoms with Gasteiger partial charge in [0, 0.05) is 0 Å². The first-order valence-corrected chi connectivity index (χ1v) is 11.3. The van der Waals surface area contributed by atoms with E-state index in [0.717, 1.165) is 19.3 Å². The third-order valence-electron chi connectivity index (χ3n) is 6.76. The van der Waals surface area contributed by atoms with Crippen molar-refractivity contribution < 1.29 is 19.1 Å². The zero-order valence-electron chi connectivity index (χ0n) is 18.6. The highest BCUT2D eigenvalue weighted by atomic mass is 16.6. The normalized spacial score (nSPS) is 28.7. The van der Waals surface area contributed by atoms with Crippen molar-refractivity contribution >= 4 is 29.3 Å². The fourth-order valence-electron chi connectivity index (χ4n) is 6.01.